The molecule has 12 nitrogen and oxygen atoms in total. The molecule has 4 atom stereocenters. The van der Waals surface area contributed by atoms with Crippen LogP contribution >= 0.6 is 0 Å². The molecule has 0 bridgehead atoms. The van der Waals surface area contributed by atoms with Gasteiger partial charge in [-0.15, -0.1) is 0 Å². The minimum Gasteiger partial charge on any atom is -0.387 e. The van der Waals surface area contributed by atoms with Gasteiger partial charge >= 0.3 is 0 Å². The van der Waals surface area contributed by atoms with Crippen LogP contribution in [0.3, 0.4) is 0 Å². The van der Waals surface area contributed by atoms with Crippen LogP contribution in [0.15, 0.2) is 30.9 Å². The number of aromatic amines is 1. The van der Waals surface area contributed by atoms with Crippen molar-refractivity contribution in [3.63, 3.8) is 0 Å². The lowest BCUT2D eigenvalue weighted by Gasteiger charge is -2.18. The molecule has 0 aliphatic carbocycles. The zero-order chi connectivity index (χ0) is 27.2. The standard InChI is InChI=1S/C25H33N7O5S/c1-25(2,3)14-7-8-15-16(10-14)31-18(30-15)6-4-5-9-38(35,36)11-17-20(33)21(34)24(37-17)32-13-29-19-22(26)27-12-28-23(19)32/h7-8,10,12-13,17,20-21,24,33-34H,4-6,9,11H2,1-3H3,(H,30,31)(H2,26,27,28)/t17?,20-,21-,24-/m1/s1. The normalized spacial score (nSPS) is 22.6. The van der Waals surface area contributed by atoms with Gasteiger partial charge in [-0.1, -0.05) is 26.8 Å². The molecule has 0 radical (unpaired) electrons. The molecule has 204 valence electrons. The Kier molecular flexibility index (Phi) is 6.88. The van der Waals surface area contributed by atoms with Crippen molar-refractivity contribution in [1.82, 2.24) is 29.5 Å². The van der Waals surface area contributed by atoms with Crippen molar-refractivity contribution in [1.29, 1.82) is 0 Å². The molecule has 1 fully saturated rings. The summed E-state index contributed by atoms with van der Waals surface area (Å²) in [5, 5.41) is 21.1. The van der Waals surface area contributed by atoms with Crippen molar-refractivity contribution in [3.05, 3.63) is 42.2 Å². The van der Waals surface area contributed by atoms with E-state index < -0.39 is 40.1 Å². The van der Waals surface area contributed by atoms with Gasteiger partial charge < -0.3 is 25.7 Å². The van der Waals surface area contributed by atoms with Crippen LogP contribution in [0.5, 0.6) is 0 Å². The number of aromatic nitrogens is 6. The van der Waals surface area contributed by atoms with Gasteiger partial charge in [0.25, 0.3) is 0 Å². The van der Waals surface area contributed by atoms with Crippen LogP contribution in [0.25, 0.3) is 22.2 Å². The quantitative estimate of drug-likeness (QED) is 0.238. The van der Waals surface area contributed by atoms with E-state index in [1.807, 2.05) is 6.07 Å². The van der Waals surface area contributed by atoms with Crippen molar-refractivity contribution in [3.8, 4) is 0 Å². The first-order valence-electron chi connectivity index (χ1n) is 12.6. The van der Waals surface area contributed by atoms with Crippen LogP contribution in [-0.4, -0.2) is 77.9 Å². The van der Waals surface area contributed by atoms with Gasteiger partial charge in [0.1, 0.15) is 36.0 Å². The third-order valence-electron chi connectivity index (χ3n) is 6.93. The Morgan fingerprint density at radius 1 is 1.13 bits per heavy atom. The molecule has 1 aliphatic rings. The number of nitrogens with two attached hydrogens (primary N) is 1. The van der Waals surface area contributed by atoms with Crippen LogP contribution in [0.1, 0.15) is 51.2 Å². The number of aliphatic hydroxyl groups is 2. The number of aliphatic hydroxyl groups excluding tert-OH is 2. The van der Waals surface area contributed by atoms with E-state index in [0.29, 0.717) is 30.4 Å². The van der Waals surface area contributed by atoms with Crippen LogP contribution < -0.4 is 5.73 Å². The molecule has 4 aromatic rings. The van der Waals surface area contributed by atoms with Gasteiger partial charge in [0, 0.05) is 6.42 Å². The number of anilines is 1. The number of sulfone groups is 1. The number of benzene rings is 1. The maximum absolute atomic E-state index is 12.8. The zero-order valence-electron chi connectivity index (χ0n) is 21.6. The van der Waals surface area contributed by atoms with Crippen LogP contribution in [0, 0.1) is 0 Å². The summed E-state index contributed by atoms with van der Waals surface area (Å²) < 4.78 is 32.8. The van der Waals surface area contributed by atoms with E-state index in [1.165, 1.54) is 22.8 Å². The molecule has 13 heteroatoms. The highest BCUT2D eigenvalue weighted by Gasteiger charge is 2.45. The Hall–Kier alpha value is -3.13. The number of aryl methyl sites for hydroxylation is 1. The van der Waals surface area contributed by atoms with Crippen molar-refractivity contribution in [2.45, 2.75) is 70.0 Å². The van der Waals surface area contributed by atoms with E-state index in [1.54, 1.807) is 0 Å². The van der Waals surface area contributed by atoms with Gasteiger partial charge in [0.05, 0.1) is 28.9 Å². The number of rotatable bonds is 8. The van der Waals surface area contributed by atoms with Crippen molar-refractivity contribution < 1.29 is 23.4 Å². The second-order valence-electron chi connectivity index (χ2n) is 10.9. The minimum atomic E-state index is -3.56. The number of hydrogen-bond acceptors (Lipinski definition) is 10. The fourth-order valence-corrected chi connectivity index (χ4v) is 6.34. The van der Waals surface area contributed by atoms with E-state index in [4.69, 9.17) is 10.5 Å². The number of fused-ring (bicyclic) bond motifs is 2. The van der Waals surface area contributed by atoms with Gasteiger partial charge in [0.2, 0.25) is 0 Å². The maximum atomic E-state index is 12.8. The first-order valence-corrected chi connectivity index (χ1v) is 14.4. The number of unbranched alkanes of at least 4 members (excludes halogenated alkanes) is 1. The molecule has 0 saturated carbocycles. The molecule has 1 aromatic carbocycles. The highest BCUT2D eigenvalue weighted by atomic mass is 32.2. The second kappa shape index (κ2) is 9.88. The first kappa shape index (κ1) is 26.5. The molecule has 4 heterocycles. The van der Waals surface area contributed by atoms with Crippen molar-refractivity contribution >= 4 is 37.9 Å². The van der Waals surface area contributed by atoms with Crippen LogP contribution in [0.2, 0.25) is 0 Å². The summed E-state index contributed by atoms with van der Waals surface area (Å²) in [6.45, 7) is 6.48. The van der Waals surface area contributed by atoms with Gasteiger partial charge in [-0.25, -0.2) is 28.4 Å². The van der Waals surface area contributed by atoms with Crippen molar-refractivity contribution in [2.75, 3.05) is 17.2 Å². The number of imidazole rings is 2. The fraction of sp³-hybridized carbons (Fsp3) is 0.520. The Balaban J connectivity index is 1.17. The molecule has 0 spiro atoms. The predicted octanol–water partition coefficient (Wildman–Crippen LogP) is 1.64. The summed E-state index contributed by atoms with van der Waals surface area (Å²) in [6, 6.07) is 6.20. The molecular weight excluding hydrogens is 510 g/mol. The average Bonchev–Trinajstić information content (AvgIpc) is 3.53. The van der Waals surface area contributed by atoms with E-state index in [9.17, 15) is 18.6 Å². The Bertz CT molecular complexity index is 1560. The minimum absolute atomic E-state index is 0.0371. The second-order valence-corrected chi connectivity index (χ2v) is 13.1. The fourth-order valence-electron chi connectivity index (χ4n) is 4.75. The number of nitrogen functional groups attached to an aromatic ring is 1. The summed E-state index contributed by atoms with van der Waals surface area (Å²) in [5.41, 5.74) is 9.57. The third-order valence-corrected chi connectivity index (χ3v) is 8.68. The van der Waals surface area contributed by atoms with E-state index >= 15 is 0 Å². The maximum Gasteiger partial charge on any atom is 0.167 e. The zero-order valence-corrected chi connectivity index (χ0v) is 22.4. The average molecular weight is 544 g/mol. The molecule has 1 unspecified atom stereocenters. The number of nitrogens with one attached hydrogen (secondary N) is 1. The molecule has 0 amide bonds. The Labute approximate surface area is 220 Å². The van der Waals surface area contributed by atoms with E-state index in [2.05, 4.69) is 57.8 Å². The number of ether oxygens (including phenoxy) is 1. The number of H-pyrrole nitrogens is 1. The Morgan fingerprint density at radius 2 is 1.92 bits per heavy atom. The molecule has 38 heavy (non-hydrogen) atoms. The number of nitrogens with zero attached hydrogens (tertiary/aromatic N) is 5. The highest BCUT2D eigenvalue weighted by molar-refractivity contribution is 7.91. The summed E-state index contributed by atoms with van der Waals surface area (Å²) in [4.78, 5) is 20.1. The lowest BCUT2D eigenvalue weighted by molar-refractivity contribution is -0.0292. The largest absolute Gasteiger partial charge is 0.387 e. The summed E-state index contributed by atoms with van der Waals surface area (Å²) in [7, 11) is -3.56. The first-order chi connectivity index (χ1) is 17.9. The molecule has 1 aliphatic heterocycles. The molecule has 1 saturated heterocycles. The topological polar surface area (TPSA) is 182 Å². The lowest BCUT2D eigenvalue weighted by Crippen LogP contribution is -2.36. The monoisotopic (exact) mass is 543 g/mol. The molecule has 3 aromatic heterocycles. The summed E-state index contributed by atoms with van der Waals surface area (Å²) in [6.07, 6.45) is -0.594. The van der Waals surface area contributed by atoms with Crippen LogP contribution in [0.4, 0.5) is 5.82 Å². The highest BCUT2D eigenvalue weighted by Crippen LogP contribution is 2.33. The number of hydrogen-bond donors (Lipinski definition) is 4. The summed E-state index contributed by atoms with van der Waals surface area (Å²) in [5.74, 6) is 0.511. The molecular formula is C25H33N7O5S. The summed E-state index contributed by atoms with van der Waals surface area (Å²) >= 11 is 0. The Morgan fingerprint density at radius 3 is 2.68 bits per heavy atom. The molecule has 5 N–H and O–H groups in total. The van der Waals surface area contributed by atoms with E-state index in [0.717, 1.165) is 16.9 Å². The van der Waals surface area contributed by atoms with Gasteiger partial charge in [-0.3, -0.25) is 4.57 Å². The smallest absolute Gasteiger partial charge is 0.167 e. The van der Waals surface area contributed by atoms with Gasteiger partial charge in [-0.05, 0) is 36.0 Å². The van der Waals surface area contributed by atoms with E-state index in [-0.39, 0.29) is 17.0 Å². The van der Waals surface area contributed by atoms with Gasteiger partial charge in [0.15, 0.2) is 27.5 Å². The predicted molar refractivity (Wildman–Crippen MR) is 142 cm³/mol. The lowest BCUT2D eigenvalue weighted by atomic mass is 9.87. The molecule has 5 rings (SSSR count). The van der Waals surface area contributed by atoms with Crippen molar-refractivity contribution in [2.24, 2.45) is 0 Å². The third kappa shape index (κ3) is 5.23. The SMILES string of the molecule is CC(C)(C)c1ccc2nc(CCCCS(=O)(=O)CC3O[C@@H](n4cnc5c(N)ncnc54)[C@H](O)[C@@H]3O)[nH]c2c1. The van der Waals surface area contributed by atoms with Gasteiger partial charge in [-0.2, -0.15) is 0 Å². The van der Waals surface area contributed by atoms with Crippen LogP contribution in [-0.2, 0) is 26.4 Å².